The second-order valence-electron chi connectivity index (χ2n) is 5.83. The van der Waals surface area contributed by atoms with Crippen molar-refractivity contribution in [1.82, 2.24) is 5.32 Å². The summed E-state index contributed by atoms with van der Waals surface area (Å²) in [5, 5.41) is 13.7. The summed E-state index contributed by atoms with van der Waals surface area (Å²) in [5.74, 6) is -0.00490. The number of hydrogen-bond donors (Lipinski definition) is 1. The fraction of sp³-hybridized carbons (Fsp3) is 0.278. The number of carbonyl (C=O) groups is 1. The first-order valence-corrected chi connectivity index (χ1v) is 7.98. The topological polar surface area (TPSA) is 75.5 Å². The molecule has 2 aromatic carbocycles. The predicted octanol–water partition coefficient (Wildman–Crippen LogP) is 2.88. The van der Waals surface area contributed by atoms with E-state index in [9.17, 15) is 14.9 Å². The van der Waals surface area contributed by atoms with E-state index in [-0.39, 0.29) is 17.6 Å². The van der Waals surface area contributed by atoms with Gasteiger partial charge in [0.25, 0.3) is 5.69 Å². The van der Waals surface area contributed by atoms with Gasteiger partial charge in [-0.3, -0.25) is 14.9 Å². The van der Waals surface area contributed by atoms with Gasteiger partial charge in [-0.05, 0) is 30.5 Å². The van der Waals surface area contributed by atoms with Crippen molar-refractivity contribution in [3.05, 3.63) is 70.3 Å². The summed E-state index contributed by atoms with van der Waals surface area (Å²) in [4.78, 5) is 24.9. The van der Waals surface area contributed by atoms with Crippen molar-refractivity contribution < 1.29 is 9.72 Å². The summed E-state index contributed by atoms with van der Waals surface area (Å²) in [6, 6.07) is 15.9. The van der Waals surface area contributed by atoms with Crippen LogP contribution in [0.25, 0.3) is 0 Å². The smallest absolute Gasteiger partial charge is 0.269 e. The van der Waals surface area contributed by atoms with Crippen molar-refractivity contribution in [2.75, 3.05) is 11.4 Å². The van der Waals surface area contributed by atoms with Crippen molar-refractivity contribution >= 4 is 17.3 Å². The number of hydrogen-bond acceptors (Lipinski definition) is 4. The van der Waals surface area contributed by atoms with Gasteiger partial charge in [0.1, 0.15) is 6.04 Å². The zero-order chi connectivity index (χ0) is 16.9. The Kier molecular flexibility index (Phi) is 4.74. The second kappa shape index (κ2) is 7.12. The molecule has 1 saturated heterocycles. The summed E-state index contributed by atoms with van der Waals surface area (Å²) >= 11 is 0. The van der Waals surface area contributed by atoms with E-state index in [4.69, 9.17) is 0 Å². The molecule has 24 heavy (non-hydrogen) atoms. The van der Waals surface area contributed by atoms with Gasteiger partial charge in [-0.2, -0.15) is 0 Å². The number of nitro benzene ring substituents is 1. The van der Waals surface area contributed by atoms with Crippen LogP contribution in [0.5, 0.6) is 0 Å². The van der Waals surface area contributed by atoms with Crippen LogP contribution in [0.1, 0.15) is 18.4 Å². The molecule has 1 atom stereocenters. The standard InChI is InChI=1S/C18H19N3O3/c22-18(19-13-14-5-2-1-3-6-14)17-7-4-12-20(17)15-8-10-16(11-9-15)21(23)24/h1-3,5-6,8-11,17H,4,7,12-13H2,(H,19,22). The Bertz CT molecular complexity index is 716. The molecule has 0 spiro atoms. The number of nitrogens with one attached hydrogen (secondary N) is 1. The molecule has 0 saturated carbocycles. The molecule has 0 aliphatic carbocycles. The number of non-ortho nitro benzene ring substituents is 1. The normalized spacial score (nSPS) is 16.8. The Morgan fingerprint density at radius 2 is 1.88 bits per heavy atom. The second-order valence-corrected chi connectivity index (χ2v) is 5.83. The number of benzene rings is 2. The molecule has 1 amide bonds. The SMILES string of the molecule is O=C(NCc1ccccc1)C1CCCN1c1ccc([N+](=O)[O-])cc1. The quantitative estimate of drug-likeness (QED) is 0.677. The zero-order valence-corrected chi connectivity index (χ0v) is 13.2. The van der Waals surface area contributed by atoms with E-state index in [0.717, 1.165) is 30.6 Å². The highest BCUT2D eigenvalue weighted by Crippen LogP contribution is 2.27. The Balaban J connectivity index is 1.66. The van der Waals surface area contributed by atoms with Crippen molar-refractivity contribution in [2.24, 2.45) is 0 Å². The molecule has 3 rings (SSSR count). The summed E-state index contributed by atoms with van der Waals surface area (Å²) < 4.78 is 0. The molecule has 1 fully saturated rings. The molecular weight excluding hydrogens is 306 g/mol. The van der Waals surface area contributed by atoms with Crippen molar-refractivity contribution in [3.63, 3.8) is 0 Å². The Hall–Kier alpha value is -2.89. The Labute approximate surface area is 140 Å². The maximum atomic E-state index is 12.5. The van der Waals surface area contributed by atoms with Gasteiger partial charge in [-0.15, -0.1) is 0 Å². The minimum atomic E-state index is -0.419. The molecule has 2 aromatic rings. The molecule has 1 N–H and O–H groups in total. The minimum Gasteiger partial charge on any atom is -0.360 e. The number of nitrogens with zero attached hydrogens (tertiary/aromatic N) is 2. The van der Waals surface area contributed by atoms with E-state index in [1.165, 1.54) is 12.1 Å². The highest BCUT2D eigenvalue weighted by molar-refractivity contribution is 5.85. The monoisotopic (exact) mass is 325 g/mol. The third kappa shape index (κ3) is 3.53. The van der Waals surface area contributed by atoms with Crippen LogP contribution < -0.4 is 10.2 Å². The molecule has 1 heterocycles. The number of rotatable bonds is 5. The van der Waals surface area contributed by atoms with Crippen LogP contribution in [-0.2, 0) is 11.3 Å². The largest absolute Gasteiger partial charge is 0.360 e. The first kappa shape index (κ1) is 16.0. The van der Waals surface area contributed by atoms with Gasteiger partial charge in [-0.1, -0.05) is 30.3 Å². The first-order chi connectivity index (χ1) is 11.6. The average molecular weight is 325 g/mol. The number of amides is 1. The highest BCUT2D eigenvalue weighted by Gasteiger charge is 2.30. The zero-order valence-electron chi connectivity index (χ0n) is 13.2. The molecule has 0 bridgehead atoms. The van der Waals surface area contributed by atoms with E-state index < -0.39 is 4.92 Å². The molecule has 0 radical (unpaired) electrons. The predicted molar refractivity (Wildman–Crippen MR) is 91.8 cm³/mol. The van der Waals surface area contributed by atoms with Gasteiger partial charge in [0.05, 0.1) is 4.92 Å². The van der Waals surface area contributed by atoms with Gasteiger partial charge in [0, 0.05) is 30.9 Å². The average Bonchev–Trinajstić information content (AvgIpc) is 3.10. The maximum absolute atomic E-state index is 12.5. The van der Waals surface area contributed by atoms with Crippen LogP contribution in [0, 0.1) is 10.1 Å². The Morgan fingerprint density at radius 3 is 2.54 bits per heavy atom. The lowest BCUT2D eigenvalue weighted by molar-refractivity contribution is -0.384. The number of carbonyl (C=O) groups excluding carboxylic acids is 1. The molecule has 6 nitrogen and oxygen atoms in total. The molecule has 0 aromatic heterocycles. The summed E-state index contributed by atoms with van der Waals surface area (Å²) in [6.45, 7) is 1.28. The van der Waals surface area contributed by atoms with E-state index >= 15 is 0 Å². The van der Waals surface area contributed by atoms with Gasteiger partial charge < -0.3 is 10.2 Å². The van der Waals surface area contributed by atoms with Crippen LogP contribution in [0.15, 0.2) is 54.6 Å². The summed E-state index contributed by atoms with van der Waals surface area (Å²) in [7, 11) is 0. The lowest BCUT2D eigenvalue weighted by Gasteiger charge is -2.26. The highest BCUT2D eigenvalue weighted by atomic mass is 16.6. The van der Waals surface area contributed by atoms with E-state index in [0.29, 0.717) is 6.54 Å². The summed E-state index contributed by atoms with van der Waals surface area (Å²) in [5.41, 5.74) is 1.96. The van der Waals surface area contributed by atoms with Gasteiger partial charge in [-0.25, -0.2) is 0 Å². The van der Waals surface area contributed by atoms with Crippen LogP contribution in [-0.4, -0.2) is 23.4 Å². The van der Waals surface area contributed by atoms with Gasteiger partial charge >= 0.3 is 0 Å². The number of nitro groups is 1. The van der Waals surface area contributed by atoms with Crippen LogP contribution >= 0.6 is 0 Å². The van der Waals surface area contributed by atoms with Crippen molar-refractivity contribution in [1.29, 1.82) is 0 Å². The maximum Gasteiger partial charge on any atom is 0.269 e. The van der Waals surface area contributed by atoms with Crippen molar-refractivity contribution in [2.45, 2.75) is 25.4 Å². The minimum absolute atomic E-state index is 0.00490. The molecule has 1 aliphatic heterocycles. The van der Waals surface area contributed by atoms with Crippen LogP contribution in [0.2, 0.25) is 0 Å². The van der Waals surface area contributed by atoms with E-state index in [2.05, 4.69) is 5.32 Å². The fourth-order valence-electron chi connectivity index (χ4n) is 3.02. The lowest BCUT2D eigenvalue weighted by atomic mass is 10.1. The van der Waals surface area contributed by atoms with Crippen LogP contribution in [0.3, 0.4) is 0 Å². The third-order valence-electron chi connectivity index (χ3n) is 4.26. The van der Waals surface area contributed by atoms with E-state index in [1.807, 2.05) is 35.2 Å². The van der Waals surface area contributed by atoms with Crippen molar-refractivity contribution in [3.8, 4) is 0 Å². The third-order valence-corrected chi connectivity index (χ3v) is 4.26. The van der Waals surface area contributed by atoms with E-state index in [1.54, 1.807) is 12.1 Å². The molecule has 1 unspecified atom stereocenters. The molecular formula is C18H19N3O3. The molecule has 6 heteroatoms. The lowest BCUT2D eigenvalue weighted by Crippen LogP contribution is -2.43. The van der Waals surface area contributed by atoms with Crippen LogP contribution in [0.4, 0.5) is 11.4 Å². The van der Waals surface area contributed by atoms with Gasteiger partial charge in [0.15, 0.2) is 0 Å². The fourth-order valence-corrected chi connectivity index (χ4v) is 3.02. The first-order valence-electron chi connectivity index (χ1n) is 7.98. The summed E-state index contributed by atoms with van der Waals surface area (Å²) in [6.07, 6.45) is 1.72. The molecule has 124 valence electrons. The molecule has 1 aliphatic rings. The van der Waals surface area contributed by atoms with Gasteiger partial charge in [0.2, 0.25) is 5.91 Å². The number of anilines is 1. The Morgan fingerprint density at radius 1 is 1.17 bits per heavy atom.